The molecule has 2 rings (SSSR count). The summed E-state index contributed by atoms with van der Waals surface area (Å²) in [6.07, 6.45) is 5.20. The molecule has 1 aromatic heterocycles. The number of para-hydroxylation sites is 1. The highest BCUT2D eigenvalue weighted by molar-refractivity contribution is 7.98. The first kappa shape index (κ1) is 14.4. The molecule has 4 nitrogen and oxygen atoms in total. The van der Waals surface area contributed by atoms with Crippen LogP contribution in [0.2, 0.25) is 0 Å². The monoisotopic (exact) mass is 288 g/mol. The fraction of sp³-hybridized carbons (Fsp3) is 0.200. The van der Waals surface area contributed by atoms with E-state index in [9.17, 15) is 0 Å². The molecule has 0 fully saturated rings. The molecular weight excluding hydrogens is 272 g/mol. The van der Waals surface area contributed by atoms with Crippen molar-refractivity contribution in [3.8, 4) is 5.75 Å². The molecule has 0 aliphatic rings. The van der Waals surface area contributed by atoms with Crippen molar-refractivity contribution < 1.29 is 9.26 Å². The van der Waals surface area contributed by atoms with Gasteiger partial charge in [0.2, 0.25) is 5.89 Å². The maximum Gasteiger partial charge on any atom is 0.236 e. The molecule has 0 aliphatic heterocycles. The zero-order chi connectivity index (χ0) is 14.0. The third kappa shape index (κ3) is 4.93. The number of hydrogen-bond acceptors (Lipinski definition) is 5. The molecule has 0 N–H and O–H groups in total. The Balaban J connectivity index is 1.64. The fourth-order valence-electron chi connectivity index (χ4n) is 1.44. The maximum atomic E-state index is 5.59. The van der Waals surface area contributed by atoms with Gasteiger partial charge in [-0.05, 0) is 18.2 Å². The van der Waals surface area contributed by atoms with Crippen LogP contribution in [-0.4, -0.2) is 22.5 Å². The highest BCUT2D eigenvalue weighted by Gasteiger charge is 2.03. The van der Waals surface area contributed by atoms with Gasteiger partial charge in [-0.3, -0.25) is 0 Å². The molecule has 0 unspecified atom stereocenters. The minimum Gasteiger partial charge on any atom is -0.493 e. The van der Waals surface area contributed by atoms with Crippen molar-refractivity contribution >= 4 is 17.8 Å². The molecular formula is C15H16N2O2S. The predicted octanol–water partition coefficient (Wildman–Crippen LogP) is 3.58. The summed E-state index contributed by atoms with van der Waals surface area (Å²) in [4.78, 5) is 4.23. The van der Waals surface area contributed by atoms with E-state index in [2.05, 4.69) is 16.7 Å². The van der Waals surface area contributed by atoms with Crippen LogP contribution in [0.3, 0.4) is 0 Å². The smallest absolute Gasteiger partial charge is 0.236 e. The Morgan fingerprint density at radius 1 is 1.30 bits per heavy atom. The number of allylic oxidation sites excluding steroid dienone is 2. The summed E-state index contributed by atoms with van der Waals surface area (Å²) in [6.45, 7) is 4.25. The zero-order valence-corrected chi connectivity index (χ0v) is 11.9. The van der Waals surface area contributed by atoms with Gasteiger partial charge in [0.1, 0.15) is 5.75 Å². The van der Waals surface area contributed by atoms with Crippen LogP contribution < -0.4 is 4.74 Å². The van der Waals surface area contributed by atoms with Crippen LogP contribution in [0.5, 0.6) is 5.75 Å². The third-order valence-corrected chi connectivity index (χ3v) is 3.24. The van der Waals surface area contributed by atoms with E-state index >= 15 is 0 Å². The van der Waals surface area contributed by atoms with E-state index in [1.165, 1.54) is 0 Å². The summed E-state index contributed by atoms with van der Waals surface area (Å²) in [5, 5.41) is 3.83. The second-order valence-electron chi connectivity index (χ2n) is 3.86. The first-order chi connectivity index (χ1) is 9.88. The van der Waals surface area contributed by atoms with Gasteiger partial charge in [0.05, 0.1) is 12.4 Å². The van der Waals surface area contributed by atoms with Crippen molar-refractivity contribution in [2.24, 2.45) is 0 Å². The Hall–Kier alpha value is -2.01. The van der Waals surface area contributed by atoms with E-state index in [0.717, 1.165) is 11.5 Å². The minimum atomic E-state index is 0.570. The Morgan fingerprint density at radius 2 is 2.15 bits per heavy atom. The Kier molecular flexibility index (Phi) is 5.92. The second kappa shape index (κ2) is 8.22. The third-order valence-electron chi connectivity index (χ3n) is 2.33. The van der Waals surface area contributed by atoms with Crippen molar-refractivity contribution in [3.63, 3.8) is 0 Å². The van der Waals surface area contributed by atoms with E-state index in [1.54, 1.807) is 30.0 Å². The number of nitrogens with zero attached hydrogens (tertiary/aromatic N) is 2. The lowest BCUT2D eigenvalue weighted by molar-refractivity contribution is 0.343. The average Bonchev–Trinajstić information content (AvgIpc) is 2.94. The highest BCUT2D eigenvalue weighted by atomic mass is 32.2. The van der Waals surface area contributed by atoms with Crippen molar-refractivity contribution in [2.75, 3.05) is 12.4 Å². The molecule has 5 heteroatoms. The van der Waals surface area contributed by atoms with E-state index < -0.39 is 0 Å². The van der Waals surface area contributed by atoms with Gasteiger partial charge in [0, 0.05) is 5.75 Å². The highest BCUT2D eigenvalue weighted by Crippen LogP contribution is 2.12. The van der Waals surface area contributed by atoms with Crippen LogP contribution in [0, 0.1) is 0 Å². The van der Waals surface area contributed by atoms with Crippen LogP contribution in [0.4, 0.5) is 0 Å². The molecule has 0 radical (unpaired) electrons. The Bertz CT molecular complexity index is 552. The zero-order valence-electron chi connectivity index (χ0n) is 11.1. The van der Waals surface area contributed by atoms with Crippen LogP contribution >= 0.6 is 11.8 Å². The molecule has 1 heterocycles. The molecule has 0 spiro atoms. The second-order valence-corrected chi connectivity index (χ2v) is 4.96. The van der Waals surface area contributed by atoms with E-state index in [-0.39, 0.29) is 0 Å². The number of rotatable bonds is 8. The van der Waals surface area contributed by atoms with E-state index in [1.807, 2.05) is 30.3 Å². The largest absolute Gasteiger partial charge is 0.493 e. The summed E-state index contributed by atoms with van der Waals surface area (Å²) in [5.41, 5.74) is 0. The van der Waals surface area contributed by atoms with Crippen LogP contribution in [0.15, 0.2) is 53.6 Å². The minimum absolute atomic E-state index is 0.570. The Morgan fingerprint density at radius 3 is 2.95 bits per heavy atom. The van der Waals surface area contributed by atoms with Gasteiger partial charge in [-0.1, -0.05) is 42.1 Å². The summed E-state index contributed by atoms with van der Waals surface area (Å²) in [7, 11) is 0. The van der Waals surface area contributed by atoms with Gasteiger partial charge in [0.15, 0.2) is 5.82 Å². The standard InChI is InChI=1S/C15H16N2O2S/c1-2-3-9-14-16-15(19-17-14)12-20-11-10-18-13-7-5-4-6-8-13/h2-9H,1,10-12H2/b9-3+. The van der Waals surface area contributed by atoms with E-state index in [0.29, 0.717) is 24.1 Å². The average molecular weight is 288 g/mol. The summed E-state index contributed by atoms with van der Waals surface area (Å²) >= 11 is 1.70. The SMILES string of the molecule is C=C/C=C/c1noc(CSCCOc2ccccc2)n1. The fourth-order valence-corrected chi connectivity index (χ4v) is 2.08. The lowest BCUT2D eigenvalue weighted by Crippen LogP contribution is -2.00. The van der Waals surface area contributed by atoms with Gasteiger partial charge in [-0.25, -0.2) is 0 Å². The van der Waals surface area contributed by atoms with Crippen molar-refractivity contribution in [2.45, 2.75) is 5.75 Å². The van der Waals surface area contributed by atoms with Crippen molar-refractivity contribution in [1.82, 2.24) is 10.1 Å². The van der Waals surface area contributed by atoms with Gasteiger partial charge >= 0.3 is 0 Å². The van der Waals surface area contributed by atoms with Crippen LogP contribution in [0.1, 0.15) is 11.7 Å². The summed E-state index contributed by atoms with van der Waals surface area (Å²) < 4.78 is 10.7. The van der Waals surface area contributed by atoms with Crippen molar-refractivity contribution in [1.29, 1.82) is 0 Å². The topological polar surface area (TPSA) is 48.2 Å². The van der Waals surface area contributed by atoms with Crippen molar-refractivity contribution in [3.05, 3.63) is 60.8 Å². The number of aromatic nitrogens is 2. The van der Waals surface area contributed by atoms with Gasteiger partial charge in [-0.2, -0.15) is 4.98 Å². The molecule has 0 saturated heterocycles. The maximum absolute atomic E-state index is 5.59. The molecule has 0 amide bonds. The molecule has 1 aromatic carbocycles. The quantitative estimate of drug-likeness (QED) is 0.549. The first-order valence-corrected chi connectivity index (χ1v) is 7.41. The van der Waals surface area contributed by atoms with Gasteiger partial charge < -0.3 is 9.26 Å². The van der Waals surface area contributed by atoms with Crippen LogP contribution in [-0.2, 0) is 5.75 Å². The molecule has 0 saturated carbocycles. The molecule has 0 aliphatic carbocycles. The molecule has 0 bridgehead atoms. The number of benzene rings is 1. The Labute approximate surface area is 122 Å². The predicted molar refractivity (Wildman–Crippen MR) is 81.6 cm³/mol. The molecule has 2 aromatic rings. The van der Waals surface area contributed by atoms with Crippen LogP contribution in [0.25, 0.3) is 6.08 Å². The molecule has 104 valence electrons. The number of ether oxygens (including phenoxy) is 1. The van der Waals surface area contributed by atoms with Gasteiger partial charge in [0.25, 0.3) is 0 Å². The summed E-state index contributed by atoms with van der Waals surface area (Å²) in [5.74, 6) is 3.64. The lowest BCUT2D eigenvalue weighted by atomic mass is 10.3. The van der Waals surface area contributed by atoms with E-state index in [4.69, 9.17) is 9.26 Å². The molecule has 0 atom stereocenters. The normalized spacial score (nSPS) is 10.8. The lowest BCUT2D eigenvalue weighted by Gasteiger charge is -2.04. The number of hydrogen-bond donors (Lipinski definition) is 0. The molecule has 20 heavy (non-hydrogen) atoms. The first-order valence-electron chi connectivity index (χ1n) is 6.26. The summed E-state index contributed by atoms with van der Waals surface area (Å²) in [6, 6.07) is 9.77. The number of thioether (sulfide) groups is 1. The van der Waals surface area contributed by atoms with Gasteiger partial charge in [-0.15, -0.1) is 11.8 Å².